The van der Waals surface area contributed by atoms with Gasteiger partial charge in [0.2, 0.25) is 11.4 Å². The highest BCUT2D eigenvalue weighted by molar-refractivity contribution is 6.02. The van der Waals surface area contributed by atoms with Gasteiger partial charge in [-0.25, -0.2) is 0 Å². The van der Waals surface area contributed by atoms with Crippen molar-refractivity contribution in [3.05, 3.63) is 107 Å². The zero-order valence-electron chi connectivity index (χ0n) is 19.4. The van der Waals surface area contributed by atoms with Crippen LogP contribution < -0.4 is 0 Å². The molecule has 3 aromatic rings. The second-order valence-corrected chi connectivity index (χ2v) is 9.18. The van der Waals surface area contributed by atoms with E-state index in [1.807, 2.05) is 60.7 Å². The van der Waals surface area contributed by atoms with E-state index in [2.05, 4.69) is 36.1 Å². The number of rotatable bonds is 3. The molecule has 1 aliphatic heterocycles. The maximum atomic E-state index is 12.6. The van der Waals surface area contributed by atoms with E-state index in [4.69, 9.17) is 0 Å². The Labute approximate surface area is 195 Å². The standard InChI is InChI=1S/C29H27N2O2/c1-28(2)27(30(32)29(3,4)31(28)33)21-18-23-13-10-22(11-14-23)12-15-24-16-19-26(20-17-24)25-8-6-5-7-9-25/h5-11,13-14,16-21H,1-4H3/b21-18+. The Balaban J connectivity index is 1.47. The molecule has 1 aliphatic rings. The van der Waals surface area contributed by atoms with Crippen molar-refractivity contribution in [1.82, 2.24) is 5.06 Å². The molecule has 0 bridgehead atoms. The summed E-state index contributed by atoms with van der Waals surface area (Å²) in [5, 5.41) is 26.0. The van der Waals surface area contributed by atoms with E-state index in [1.54, 1.807) is 33.8 Å². The first-order chi connectivity index (χ1) is 15.7. The fourth-order valence-electron chi connectivity index (χ4n) is 4.06. The molecular formula is C29H27N2O2. The second kappa shape index (κ2) is 8.71. The molecule has 0 fully saturated rings. The van der Waals surface area contributed by atoms with Crippen LogP contribution in [0.4, 0.5) is 0 Å². The van der Waals surface area contributed by atoms with Crippen LogP contribution in [-0.2, 0) is 5.21 Å². The summed E-state index contributed by atoms with van der Waals surface area (Å²) in [5.41, 5.74) is 3.60. The minimum atomic E-state index is -1.12. The van der Waals surface area contributed by atoms with Gasteiger partial charge in [0.15, 0.2) is 0 Å². The predicted molar refractivity (Wildman–Crippen MR) is 133 cm³/mol. The highest BCUT2D eigenvalue weighted by Crippen LogP contribution is 2.33. The first kappa shape index (κ1) is 22.5. The van der Waals surface area contributed by atoms with Gasteiger partial charge in [-0.3, -0.25) is 0 Å². The SMILES string of the molecule is CC1(C)C(/C=C/c2ccc(C#Cc3ccc(-c4ccccc4)cc3)cc2)=[N+]([O-])C(C)(C)N1[O]. The van der Waals surface area contributed by atoms with Gasteiger partial charge >= 0.3 is 0 Å². The Morgan fingerprint density at radius 1 is 0.758 bits per heavy atom. The highest BCUT2D eigenvalue weighted by atomic mass is 16.6. The molecule has 3 aromatic carbocycles. The van der Waals surface area contributed by atoms with Gasteiger partial charge in [-0.1, -0.05) is 71.5 Å². The van der Waals surface area contributed by atoms with Crippen molar-refractivity contribution in [2.45, 2.75) is 38.9 Å². The summed E-state index contributed by atoms with van der Waals surface area (Å²) < 4.78 is 0.805. The minimum absolute atomic E-state index is 0.449. The van der Waals surface area contributed by atoms with Crippen molar-refractivity contribution in [2.75, 3.05) is 0 Å². The molecule has 4 rings (SSSR count). The summed E-state index contributed by atoms with van der Waals surface area (Å²) in [7, 11) is 0. The summed E-state index contributed by atoms with van der Waals surface area (Å²) in [6, 6.07) is 26.3. The van der Waals surface area contributed by atoms with E-state index in [0.29, 0.717) is 5.71 Å². The van der Waals surface area contributed by atoms with Gasteiger partial charge in [-0.05, 0) is 60.9 Å². The van der Waals surface area contributed by atoms with E-state index in [0.717, 1.165) is 26.5 Å². The monoisotopic (exact) mass is 435 g/mol. The van der Waals surface area contributed by atoms with Crippen molar-refractivity contribution in [3.8, 4) is 23.0 Å². The predicted octanol–water partition coefficient (Wildman–Crippen LogP) is 5.89. The third-order valence-corrected chi connectivity index (χ3v) is 6.03. The summed E-state index contributed by atoms with van der Waals surface area (Å²) in [6.07, 6.45) is 3.60. The molecule has 165 valence electrons. The topological polar surface area (TPSA) is 49.2 Å². The molecule has 0 spiro atoms. The number of hydroxylamine groups is 3. The lowest BCUT2D eigenvalue weighted by Crippen LogP contribution is -2.50. The van der Waals surface area contributed by atoms with Crippen LogP contribution in [0.25, 0.3) is 17.2 Å². The van der Waals surface area contributed by atoms with Crippen LogP contribution in [0.5, 0.6) is 0 Å². The molecule has 0 saturated carbocycles. The molecule has 0 aromatic heterocycles. The van der Waals surface area contributed by atoms with Gasteiger partial charge in [0.05, 0.1) is 0 Å². The molecule has 1 heterocycles. The largest absolute Gasteiger partial charge is 0.622 e. The van der Waals surface area contributed by atoms with Gasteiger partial charge in [-0.2, -0.15) is 4.74 Å². The molecule has 4 nitrogen and oxygen atoms in total. The van der Waals surface area contributed by atoms with Crippen LogP contribution in [0.1, 0.15) is 44.4 Å². The molecule has 33 heavy (non-hydrogen) atoms. The molecule has 1 radical (unpaired) electrons. The summed E-state index contributed by atoms with van der Waals surface area (Å²) >= 11 is 0. The second-order valence-electron chi connectivity index (χ2n) is 9.18. The molecule has 0 aliphatic carbocycles. The Morgan fingerprint density at radius 2 is 1.27 bits per heavy atom. The molecule has 0 amide bonds. The van der Waals surface area contributed by atoms with Crippen LogP contribution in [0.3, 0.4) is 0 Å². The van der Waals surface area contributed by atoms with Crippen LogP contribution in [0.15, 0.2) is 84.9 Å². The zero-order valence-corrected chi connectivity index (χ0v) is 19.4. The van der Waals surface area contributed by atoms with Gasteiger partial charge in [0.25, 0.3) is 0 Å². The smallest absolute Gasteiger partial charge is 0.248 e. The number of nitrogens with zero attached hydrogens (tertiary/aromatic N) is 2. The summed E-state index contributed by atoms with van der Waals surface area (Å²) in [6.45, 7) is 6.81. The lowest BCUT2D eigenvalue weighted by atomic mass is 9.97. The summed E-state index contributed by atoms with van der Waals surface area (Å²) in [4.78, 5) is 0. The van der Waals surface area contributed by atoms with E-state index in [-0.39, 0.29) is 0 Å². The molecule has 0 saturated heterocycles. The molecule has 4 heteroatoms. The number of hydrogen-bond donors (Lipinski definition) is 0. The van der Waals surface area contributed by atoms with Crippen molar-refractivity contribution < 1.29 is 9.95 Å². The fraction of sp³-hybridized carbons (Fsp3) is 0.207. The van der Waals surface area contributed by atoms with Crippen molar-refractivity contribution >= 4 is 11.8 Å². The highest BCUT2D eigenvalue weighted by Gasteiger charge is 2.56. The lowest BCUT2D eigenvalue weighted by molar-refractivity contribution is -0.586. The lowest BCUT2D eigenvalue weighted by Gasteiger charge is -2.27. The Kier molecular flexibility index (Phi) is 5.95. The Morgan fingerprint density at radius 3 is 1.79 bits per heavy atom. The number of hydrogen-bond acceptors (Lipinski definition) is 2. The molecule has 0 unspecified atom stereocenters. The molecule has 0 atom stereocenters. The van der Waals surface area contributed by atoms with Gasteiger partial charge in [0.1, 0.15) is 5.54 Å². The van der Waals surface area contributed by atoms with E-state index in [9.17, 15) is 10.4 Å². The fourth-order valence-corrected chi connectivity index (χ4v) is 4.06. The molecule has 0 N–H and O–H groups in total. The third-order valence-electron chi connectivity index (χ3n) is 6.03. The van der Waals surface area contributed by atoms with Crippen LogP contribution in [0, 0.1) is 17.0 Å². The third kappa shape index (κ3) is 4.47. The minimum Gasteiger partial charge on any atom is -0.622 e. The van der Waals surface area contributed by atoms with Crippen molar-refractivity contribution in [2.24, 2.45) is 0 Å². The maximum absolute atomic E-state index is 12.6. The van der Waals surface area contributed by atoms with Crippen molar-refractivity contribution in [3.63, 3.8) is 0 Å². The van der Waals surface area contributed by atoms with E-state index < -0.39 is 11.2 Å². The van der Waals surface area contributed by atoms with Gasteiger partial charge in [-0.15, -0.1) is 5.21 Å². The van der Waals surface area contributed by atoms with Crippen LogP contribution in [0.2, 0.25) is 0 Å². The van der Waals surface area contributed by atoms with Crippen molar-refractivity contribution in [1.29, 1.82) is 0 Å². The first-order valence-corrected chi connectivity index (χ1v) is 11.0. The first-order valence-electron chi connectivity index (χ1n) is 11.0. The van der Waals surface area contributed by atoms with Gasteiger partial charge < -0.3 is 5.21 Å². The summed E-state index contributed by atoms with van der Waals surface area (Å²) in [5.74, 6) is 6.40. The van der Waals surface area contributed by atoms with Crippen LogP contribution >= 0.6 is 0 Å². The van der Waals surface area contributed by atoms with E-state index >= 15 is 0 Å². The normalized spacial score (nSPS) is 17.2. The molecular weight excluding hydrogens is 408 g/mol. The average molecular weight is 436 g/mol. The quantitative estimate of drug-likeness (QED) is 0.292. The zero-order chi connectivity index (χ0) is 23.6. The Bertz CT molecular complexity index is 1260. The Hall–Kier alpha value is -3.65. The maximum Gasteiger partial charge on any atom is 0.248 e. The van der Waals surface area contributed by atoms with E-state index in [1.165, 1.54) is 11.1 Å². The average Bonchev–Trinajstić information content (AvgIpc) is 2.94. The van der Waals surface area contributed by atoms with Crippen LogP contribution in [-0.4, -0.2) is 26.7 Å². The number of benzene rings is 3. The van der Waals surface area contributed by atoms with Gasteiger partial charge in [0, 0.05) is 31.1 Å².